The van der Waals surface area contributed by atoms with Gasteiger partial charge in [0.25, 0.3) is 0 Å². The molecule has 0 aromatic heterocycles. The summed E-state index contributed by atoms with van der Waals surface area (Å²) in [6.45, 7) is 4.67. The van der Waals surface area contributed by atoms with Gasteiger partial charge in [0, 0.05) is 25.0 Å². The van der Waals surface area contributed by atoms with Gasteiger partial charge in [-0.15, -0.1) is 0 Å². The predicted octanol–water partition coefficient (Wildman–Crippen LogP) is 2.80. The quantitative estimate of drug-likeness (QED) is 0.894. The van der Waals surface area contributed by atoms with Gasteiger partial charge in [-0.3, -0.25) is 9.69 Å². The predicted molar refractivity (Wildman–Crippen MR) is 98.8 cm³/mol. The SMILES string of the molecule is O=C(O)CC[C@@H]1CN(C2Cc3ccccc3C2)CC[C@@H]1N1CCCC1. The maximum absolute atomic E-state index is 11.1. The molecule has 1 aromatic rings. The molecule has 4 heteroatoms. The molecule has 0 spiro atoms. The fourth-order valence-electron chi connectivity index (χ4n) is 5.32. The number of benzene rings is 1. The Bertz CT molecular complexity index is 587. The highest BCUT2D eigenvalue weighted by Gasteiger charge is 2.37. The van der Waals surface area contributed by atoms with Crippen LogP contribution in [0, 0.1) is 5.92 Å². The lowest BCUT2D eigenvalue weighted by atomic mass is 9.86. The number of carbonyl (C=O) groups is 1. The fraction of sp³-hybridized carbons (Fsp3) is 0.667. The second kappa shape index (κ2) is 7.46. The molecule has 1 aromatic carbocycles. The number of carboxylic acids is 1. The summed E-state index contributed by atoms with van der Waals surface area (Å²) < 4.78 is 0. The van der Waals surface area contributed by atoms with E-state index in [1.54, 1.807) is 0 Å². The number of hydrogen-bond donors (Lipinski definition) is 1. The Kier molecular flexibility index (Phi) is 5.09. The molecule has 2 heterocycles. The Labute approximate surface area is 150 Å². The summed E-state index contributed by atoms with van der Waals surface area (Å²) in [5.74, 6) is -0.141. The highest BCUT2D eigenvalue weighted by Crippen LogP contribution is 2.33. The first-order valence-electron chi connectivity index (χ1n) is 9.97. The van der Waals surface area contributed by atoms with Gasteiger partial charge in [0.2, 0.25) is 0 Å². The van der Waals surface area contributed by atoms with Gasteiger partial charge in [-0.05, 0) is 75.2 Å². The highest BCUT2D eigenvalue weighted by molar-refractivity contribution is 5.66. The molecular formula is C21H30N2O2. The van der Waals surface area contributed by atoms with Gasteiger partial charge < -0.3 is 10.0 Å². The van der Waals surface area contributed by atoms with E-state index in [2.05, 4.69) is 34.1 Å². The van der Waals surface area contributed by atoms with Gasteiger partial charge >= 0.3 is 5.97 Å². The maximum Gasteiger partial charge on any atom is 0.303 e. The monoisotopic (exact) mass is 342 g/mol. The number of carboxylic acid groups (broad SMARTS) is 1. The molecular weight excluding hydrogens is 312 g/mol. The van der Waals surface area contributed by atoms with Gasteiger partial charge in [-0.1, -0.05) is 24.3 Å². The van der Waals surface area contributed by atoms with Crippen LogP contribution >= 0.6 is 0 Å². The summed E-state index contributed by atoms with van der Waals surface area (Å²) in [6.07, 6.45) is 7.29. The number of rotatable bonds is 5. The lowest BCUT2D eigenvalue weighted by Crippen LogP contribution is -2.53. The van der Waals surface area contributed by atoms with E-state index in [1.807, 2.05) is 0 Å². The molecule has 0 amide bonds. The topological polar surface area (TPSA) is 43.8 Å². The average molecular weight is 342 g/mol. The van der Waals surface area contributed by atoms with Crippen molar-refractivity contribution in [3.8, 4) is 0 Å². The molecule has 0 bridgehead atoms. The zero-order valence-electron chi connectivity index (χ0n) is 15.1. The van der Waals surface area contributed by atoms with Crippen LogP contribution in [0.1, 0.15) is 43.2 Å². The third-order valence-electron chi connectivity index (χ3n) is 6.61. The normalized spacial score (nSPS) is 28.3. The van der Waals surface area contributed by atoms with E-state index in [-0.39, 0.29) is 0 Å². The Balaban J connectivity index is 1.42. The zero-order valence-corrected chi connectivity index (χ0v) is 15.1. The van der Waals surface area contributed by atoms with Crippen molar-refractivity contribution in [2.45, 2.75) is 57.0 Å². The molecule has 0 saturated carbocycles. The van der Waals surface area contributed by atoms with E-state index >= 15 is 0 Å². The van der Waals surface area contributed by atoms with Crippen molar-refractivity contribution in [2.75, 3.05) is 26.2 Å². The Morgan fingerprint density at radius 1 is 1.04 bits per heavy atom. The van der Waals surface area contributed by atoms with Crippen molar-refractivity contribution >= 4 is 5.97 Å². The van der Waals surface area contributed by atoms with Crippen molar-refractivity contribution in [2.24, 2.45) is 5.92 Å². The largest absolute Gasteiger partial charge is 0.481 e. The minimum atomic E-state index is -0.648. The van der Waals surface area contributed by atoms with E-state index in [0.717, 1.165) is 25.8 Å². The summed E-state index contributed by atoms with van der Waals surface area (Å²) in [5, 5.41) is 9.16. The third-order valence-corrected chi connectivity index (χ3v) is 6.61. The molecule has 2 atom stereocenters. The lowest BCUT2D eigenvalue weighted by molar-refractivity contribution is -0.137. The van der Waals surface area contributed by atoms with Crippen molar-refractivity contribution in [3.63, 3.8) is 0 Å². The van der Waals surface area contributed by atoms with E-state index in [1.165, 1.54) is 50.0 Å². The van der Waals surface area contributed by atoms with Crippen LogP contribution in [0.3, 0.4) is 0 Å². The van der Waals surface area contributed by atoms with E-state index < -0.39 is 5.97 Å². The summed E-state index contributed by atoms with van der Waals surface area (Å²) in [7, 11) is 0. The number of nitrogens with zero attached hydrogens (tertiary/aromatic N) is 2. The van der Waals surface area contributed by atoms with Gasteiger partial charge in [-0.2, -0.15) is 0 Å². The van der Waals surface area contributed by atoms with Gasteiger partial charge in [-0.25, -0.2) is 0 Å². The van der Waals surface area contributed by atoms with Gasteiger partial charge in [0.1, 0.15) is 0 Å². The Morgan fingerprint density at radius 3 is 2.36 bits per heavy atom. The lowest BCUT2D eigenvalue weighted by Gasteiger charge is -2.45. The second-order valence-electron chi connectivity index (χ2n) is 8.12. The summed E-state index contributed by atoms with van der Waals surface area (Å²) >= 11 is 0. The Morgan fingerprint density at radius 2 is 1.72 bits per heavy atom. The number of fused-ring (bicyclic) bond motifs is 1. The van der Waals surface area contributed by atoms with Crippen molar-refractivity contribution in [3.05, 3.63) is 35.4 Å². The Hall–Kier alpha value is -1.39. The van der Waals surface area contributed by atoms with Crippen molar-refractivity contribution in [1.29, 1.82) is 0 Å². The summed E-state index contributed by atoms with van der Waals surface area (Å²) in [5.41, 5.74) is 3.02. The minimum absolute atomic E-state index is 0.313. The molecule has 2 aliphatic heterocycles. The second-order valence-corrected chi connectivity index (χ2v) is 8.12. The molecule has 0 unspecified atom stereocenters. The number of aliphatic carboxylic acids is 1. The standard InChI is InChI=1S/C21H30N2O2/c24-21(25)8-7-18-15-23(12-9-20(18)22-10-3-4-11-22)19-13-16-5-1-2-6-17(16)14-19/h1-2,5-6,18-20H,3-4,7-15H2,(H,24,25)/t18-,20+/m1/s1. The van der Waals surface area contributed by atoms with Gasteiger partial charge in [0.15, 0.2) is 0 Å². The zero-order chi connectivity index (χ0) is 17.2. The molecule has 1 N–H and O–H groups in total. The average Bonchev–Trinajstić information content (AvgIpc) is 3.29. The van der Waals surface area contributed by atoms with Crippen LogP contribution < -0.4 is 0 Å². The van der Waals surface area contributed by atoms with Crippen LogP contribution in [0.15, 0.2) is 24.3 Å². The first-order valence-corrected chi connectivity index (χ1v) is 9.97. The smallest absolute Gasteiger partial charge is 0.303 e. The van der Waals surface area contributed by atoms with Crippen LogP contribution in [-0.4, -0.2) is 59.1 Å². The summed E-state index contributed by atoms with van der Waals surface area (Å²) in [6, 6.07) is 10.1. The molecule has 0 radical (unpaired) electrons. The molecule has 3 aliphatic rings. The van der Waals surface area contributed by atoms with Crippen LogP contribution in [0.25, 0.3) is 0 Å². The molecule has 4 nitrogen and oxygen atoms in total. The van der Waals surface area contributed by atoms with E-state index in [4.69, 9.17) is 5.11 Å². The number of likely N-dealkylation sites (tertiary alicyclic amines) is 2. The maximum atomic E-state index is 11.1. The van der Waals surface area contributed by atoms with Crippen LogP contribution in [0.2, 0.25) is 0 Å². The van der Waals surface area contributed by atoms with Crippen LogP contribution in [-0.2, 0) is 17.6 Å². The van der Waals surface area contributed by atoms with Gasteiger partial charge in [0.05, 0.1) is 0 Å². The third kappa shape index (κ3) is 3.75. The summed E-state index contributed by atoms with van der Waals surface area (Å²) in [4.78, 5) is 16.4. The number of piperidine rings is 1. The van der Waals surface area contributed by atoms with Crippen molar-refractivity contribution in [1.82, 2.24) is 9.80 Å². The molecule has 25 heavy (non-hydrogen) atoms. The first kappa shape index (κ1) is 17.0. The van der Waals surface area contributed by atoms with Crippen LogP contribution in [0.5, 0.6) is 0 Å². The van der Waals surface area contributed by atoms with E-state index in [0.29, 0.717) is 24.4 Å². The van der Waals surface area contributed by atoms with E-state index in [9.17, 15) is 4.79 Å². The molecule has 4 rings (SSSR count). The molecule has 2 fully saturated rings. The van der Waals surface area contributed by atoms with Crippen molar-refractivity contribution < 1.29 is 9.90 Å². The minimum Gasteiger partial charge on any atom is -0.481 e. The number of hydrogen-bond acceptors (Lipinski definition) is 3. The first-order chi connectivity index (χ1) is 12.2. The van der Waals surface area contributed by atoms with Crippen LogP contribution in [0.4, 0.5) is 0 Å². The highest BCUT2D eigenvalue weighted by atomic mass is 16.4. The molecule has 2 saturated heterocycles. The fourth-order valence-corrected chi connectivity index (χ4v) is 5.32. The molecule has 1 aliphatic carbocycles. The molecule has 136 valence electrons.